The third kappa shape index (κ3) is 4.81. The first-order chi connectivity index (χ1) is 11.6. The van der Waals surface area contributed by atoms with E-state index in [1.807, 2.05) is 0 Å². The predicted octanol–water partition coefficient (Wildman–Crippen LogP) is 4.95. The van der Waals surface area contributed by atoms with Gasteiger partial charge >= 0.3 is 0 Å². The van der Waals surface area contributed by atoms with Crippen LogP contribution in [-0.4, -0.2) is 29.1 Å². The van der Waals surface area contributed by atoms with E-state index in [-0.39, 0.29) is 0 Å². The quantitative estimate of drug-likeness (QED) is 0.663. The Morgan fingerprint density at radius 1 is 1.17 bits per heavy atom. The van der Waals surface area contributed by atoms with E-state index in [0.717, 1.165) is 43.1 Å². The van der Waals surface area contributed by atoms with Gasteiger partial charge in [-0.1, -0.05) is 45.9 Å². The van der Waals surface area contributed by atoms with Gasteiger partial charge in [-0.2, -0.15) is 0 Å². The van der Waals surface area contributed by atoms with Crippen LogP contribution in [0.5, 0.6) is 0 Å². The second-order valence-electron chi connectivity index (χ2n) is 6.52. The Hall–Kier alpha value is -1.39. The van der Waals surface area contributed by atoms with Crippen molar-refractivity contribution in [3.63, 3.8) is 0 Å². The van der Waals surface area contributed by atoms with E-state index in [2.05, 4.69) is 73.7 Å². The van der Waals surface area contributed by atoms with E-state index < -0.39 is 0 Å². The smallest absolute Gasteiger partial charge is 0.190 e. The van der Waals surface area contributed by atoms with Crippen LogP contribution in [0.1, 0.15) is 51.3 Å². The fourth-order valence-electron chi connectivity index (χ4n) is 2.95. The summed E-state index contributed by atoms with van der Waals surface area (Å²) in [6.45, 7) is 15.5. The van der Waals surface area contributed by atoms with Crippen LogP contribution in [0.4, 0.5) is 5.69 Å². The van der Waals surface area contributed by atoms with Crippen molar-refractivity contribution < 1.29 is 0 Å². The minimum atomic E-state index is 0.488. The second-order valence-corrected chi connectivity index (χ2v) is 7.35. The molecule has 0 fully saturated rings. The van der Waals surface area contributed by atoms with Crippen LogP contribution in [0, 0.1) is 6.92 Å². The maximum absolute atomic E-state index is 4.99. The van der Waals surface area contributed by atoms with Crippen molar-refractivity contribution in [3.8, 4) is 0 Å². The molecular formula is C20H31N3S. The molecule has 0 bridgehead atoms. The van der Waals surface area contributed by atoms with E-state index >= 15 is 0 Å². The number of hydrogen-bond acceptors (Lipinski definition) is 3. The Bertz CT molecular complexity index is 693. The van der Waals surface area contributed by atoms with Crippen molar-refractivity contribution in [2.24, 2.45) is 4.99 Å². The molecule has 132 valence electrons. The number of rotatable bonds is 8. The van der Waals surface area contributed by atoms with Crippen LogP contribution in [-0.2, 0) is 6.54 Å². The molecule has 0 aliphatic heterocycles. The van der Waals surface area contributed by atoms with Gasteiger partial charge in [0.2, 0.25) is 0 Å². The minimum Gasteiger partial charge on any atom is -0.321 e. The molecule has 4 heteroatoms. The van der Waals surface area contributed by atoms with Crippen molar-refractivity contribution in [2.45, 2.75) is 53.5 Å². The molecule has 1 aromatic carbocycles. The Morgan fingerprint density at radius 3 is 2.54 bits per heavy atom. The molecule has 24 heavy (non-hydrogen) atoms. The van der Waals surface area contributed by atoms with Crippen LogP contribution in [0.2, 0.25) is 0 Å². The summed E-state index contributed by atoms with van der Waals surface area (Å²) in [5, 5.41) is 2.22. The summed E-state index contributed by atoms with van der Waals surface area (Å²) in [6.07, 6.45) is 1.16. The average Bonchev–Trinajstić information content (AvgIpc) is 2.92. The summed E-state index contributed by atoms with van der Waals surface area (Å²) in [5.74, 6) is 0.488. The summed E-state index contributed by atoms with van der Waals surface area (Å²) in [7, 11) is 0. The molecule has 2 aromatic rings. The zero-order chi connectivity index (χ0) is 17.5. The Morgan fingerprint density at radius 2 is 1.88 bits per heavy atom. The van der Waals surface area contributed by atoms with Crippen molar-refractivity contribution >= 4 is 17.0 Å². The molecule has 0 saturated carbocycles. The van der Waals surface area contributed by atoms with Gasteiger partial charge < -0.3 is 9.47 Å². The highest BCUT2D eigenvalue weighted by Crippen LogP contribution is 2.25. The lowest BCUT2D eigenvalue weighted by atomic mass is 10.0. The van der Waals surface area contributed by atoms with Crippen LogP contribution >= 0.6 is 11.3 Å². The first-order valence-electron chi connectivity index (χ1n) is 9.07. The molecule has 0 aliphatic carbocycles. The number of nitrogens with zero attached hydrogens (tertiary/aromatic N) is 3. The van der Waals surface area contributed by atoms with E-state index in [9.17, 15) is 0 Å². The van der Waals surface area contributed by atoms with E-state index in [4.69, 9.17) is 4.99 Å². The van der Waals surface area contributed by atoms with Gasteiger partial charge in [0, 0.05) is 17.6 Å². The number of aryl methyl sites for hydroxylation is 1. The first-order valence-corrected chi connectivity index (χ1v) is 9.95. The lowest BCUT2D eigenvalue weighted by Crippen LogP contribution is -2.26. The molecule has 0 saturated heterocycles. The van der Waals surface area contributed by atoms with Crippen molar-refractivity contribution in [3.05, 3.63) is 45.7 Å². The predicted molar refractivity (Wildman–Crippen MR) is 105 cm³/mol. The van der Waals surface area contributed by atoms with Gasteiger partial charge in [-0.15, -0.1) is 11.3 Å². The van der Waals surface area contributed by atoms with Gasteiger partial charge in [-0.25, -0.2) is 4.99 Å². The molecule has 0 unspecified atom stereocenters. The molecule has 2 rings (SSSR count). The average molecular weight is 346 g/mol. The summed E-state index contributed by atoms with van der Waals surface area (Å²) in [4.78, 5) is 8.58. The summed E-state index contributed by atoms with van der Waals surface area (Å²) < 4.78 is 2.37. The monoisotopic (exact) mass is 345 g/mol. The van der Waals surface area contributed by atoms with Crippen molar-refractivity contribution in [1.82, 2.24) is 9.47 Å². The standard InChI is InChI=1S/C20H31N3S/c1-6-22(7-2)13-10-14-23-17(5)15-24-20(23)21-19-12-9-8-11-18(19)16(3)4/h8-9,11-12,15-16H,6-7,10,13-14H2,1-5H3. The zero-order valence-corrected chi connectivity index (χ0v) is 16.6. The Labute approximate surface area is 150 Å². The van der Waals surface area contributed by atoms with Gasteiger partial charge in [-0.05, 0) is 50.5 Å². The summed E-state index contributed by atoms with van der Waals surface area (Å²) in [6, 6.07) is 8.50. The SMILES string of the molecule is CCN(CC)CCCn1c(C)csc1=Nc1ccccc1C(C)C. The number of benzene rings is 1. The molecule has 0 N–H and O–H groups in total. The third-order valence-corrected chi connectivity index (χ3v) is 5.50. The van der Waals surface area contributed by atoms with E-state index in [1.165, 1.54) is 11.3 Å². The fraction of sp³-hybridized carbons (Fsp3) is 0.550. The molecule has 0 amide bonds. The van der Waals surface area contributed by atoms with E-state index in [0.29, 0.717) is 5.92 Å². The molecule has 3 nitrogen and oxygen atoms in total. The maximum Gasteiger partial charge on any atom is 0.190 e. The highest BCUT2D eigenvalue weighted by molar-refractivity contribution is 7.07. The fourth-order valence-corrected chi connectivity index (χ4v) is 3.86. The zero-order valence-electron chi connectivity index (χ0n) is 15.7. The van der Waals surface area contributed by atoms with Crippen LogP contribution < -0.4 is 4.80 Å². The molecule has 0 atom stereocenters. The molecular weight excluding hydrogens is 314 g/mol. The van der Waals surface area contributed by atoms with Gasteiger partial charge in [0.1, 0.15) is 0 Å². The molecule has 0 spiro atoms. The highest BCUT2D eigenvalue weighted by atomic mass is 32.1. The highest BCUT2D eigenvalue weighted by Gasteiger charge is 2.07. The Balaban J connectivity index is 2.23. The number of hydrogen-bond donors (Lipinski definition) is 0. The molecule has 0 radical (unpaired) electrons. The number of aromatic nitrogens is 1. The van der Waals surface area contributed by atoms with Crippen molar-refractivity contribution in [2.75, 3.05) is 19.6 Å². The molecule has 1 heterocycles. The molecule has 0 aliphatic rings. The topological polar surface area (TPSA) is 20.5 Å². The first kappa shape index (κ1) is 18.9. The molecule has 1 aromatic heterocycles. The van der Waals surface area contributed by atoms with Crippen LogP contribution in [0.15, 0.2) is 34.6 Å². The summed E-state index contributed by atoms with van der Waals surface area (Å²) in [5.41, 5.74) is 3.73. The van der Waals surface area contributed by atoms with Gasteiger partial charge in [0.05, 0.1) is 5.69 Å². The minimum absolute atomic E-state index is 0.488. The van der Waals surface area contributed by atoms with Crippen LogP contribution in [0.25, 0.3) is 0 Å². The normalized spacial score (nSPS) is 12.5. The number of para-hydroxylation sites is 1. The van der Waals surface area contributed by atoms with E-state index in [1.54, 1.807) is 11.3 Å². The van der Waals surface area contributed by atoms with Crippen molar-refractivity contribution in [1.29, 1.82) is 0 Å². The lowest BCUT2D eigenvalue weighted by molar-refractivity contribution is 0.292. The summed E-state index contributed by atoms with van der Waals surface area (Å²) >= 11 is 1.74. The van der Waals surface area contributed by atoms with Gasteiger partial charge in [-0.3, -0.25) is 0 Å². The second kappa shape index (κ2) is 9.19. The largest absolute Gasteiger partial charge is 0.321 e. The number of thiazole rings is 1. The lowest BCUT2D eigenvalue weighted by Gasteiger charge is -2.18. The van der Waals surface area contributed by atoms with Crippen LogP contribution in [0.3, 0.4) is 0 Å². The maximum atomic E-state index is 4.99. The van der Waals surface area contributed by atoms with Gasteiger partial charge in [0.15, 0.2) is 4.80 Å². The van der Waals surface area contributed by atoms with Gasteiger partial charge in [0.25, 0.3) is 0 Å². The Kier molecular flexibility index (Phi) is 7.25. The third-order valence-electron chi connectivity index (χ3n) is 4.52.